The highest BCUT2D eigenvalue weighted by molar-refractivity contribution is 5.86. The molecule has 4 aromatic rings. The number of rotatable bonds is 4. The standard InChI is InChI=1S/C27H18O6/c28-25(29)32-19-13-9-17(10-14-19)27(18-11-15-20(16-12-18)33-26(30)31)23-7-3-1-5-21(23)22-6-2-4-8-24(22)27/h1-16H,(H,28,29)(H,30,31). The van der Waals surface area contributed by atoms with Crippen LogP contribution in [0.4, 0.5) is 9.59 Å². The molecule has 0 spiro atoms. The summed E-state index contributed by atoms with van der Waals surface area (Å²) in [7, 11) is 0. The maximum Gasteiger partial charge on any atom is 0.511 e. The Morgan fingerprint density at radius 1 is 0.545 bits per heavy atom. The van der Waals surface area contributed by atoms with Crippen molar-refractivity contribution in [2.45, 2.75) is 5.41 Å². The molecule has 6 nitrogen and oxygen atoms in total. The molecule has 0 atom stereocenters. The van der Waals surface area contributed by atoms with Gasteiger partial charge in [0.15, 0.2) is 0 Å². The second kappa shape index (κ2) is 7.84. The minimum Gasteiger partial charge on any atom is -0.449 e. The predicted octanol–water partition coefficient (Wildman–Crippen LogP) is 6.16. The third-order valence-corrected chi connectivity index (χ3v) is 5.94. The molecule has 162 valence electrons. The first-order valence-corrected chi connectivity index (χ1v) is 10.2. The van der Waals surface area contributed by atoms with Gasteiger partial charge in [0.2, 0.25) is 0 Å². The van der Waals surface area contributed by atoms with E-state index < -0.39 is 17.7 Å². The monoisotopic (exact) mass is 438 g/mol. The summed E-state index contributed by atoms with van der Waals surface area (Å²) in [6.45, 7) is 0. The van der Waals surface area contributed by atoms with E-state index in [9.17, 15) is 9.59 Å². The summed E-state index contributed by atoms with van der Waals surface area (Å²) in [5.41, 5.74) is 5.50. The van der Waals surface area contributed by atoms with Crippen LogP contribution in [0, 0.1) is 0 Å². The number of fused-ring (bicyclic) bond motifs is 3. The van der Waals surface area contributed by atoms with Crippen LogP contribution < -0.4 is 9.47 Å². The van der Waals surface area contributed by atoms with Gasteiger partial charge in [-0.15, -0.1) is 0 Å². The van der Waals surface area contributed by atoms with E-state index >= 15 is 0 Å². The molecule has 0 saturated heterocycles. The minimum absolute atomic E-state index is 0.228. The van der Waals surface area contributed by atoms with Gasteiger partial charge in [0.1, 0.15) is 11.5 Å². The largest absolute Gasteiger partial charge is 0.511 e. The maximum absolute atomic E-state index is 11.0. The van der Waals surface area contributed by atoms with Crippen LogP contribution in [0.25, 0.3) is 11.1 Å². The molecule has 0 bridgehead atoms. The molecule has 0 amide bonds. The molecule has 5 rings (SSSR count). The lowest BCUT2D eigenvalue weighted by atomic mass is 9.68. The molecule has 1 aliphatic rings. The third kappa shape index (κ3) is 3.29. The van der Waals surface area contributed by atoms with E-state index in [0.29, 0.717) is 0 Å². The zero-order valence-electron chi connectivity index (χ0n) is 17.3. The molecular weight excluding hydrogens is 420 g/mol. The fourth-order valence-corrected chi connectivity index (χ4v) is 4.77. The smallest absolute Gasteiger partial charge is 0.449 e. The molecule has 0 aliphatic heterocycles. The number of benzene rings is 4. The summed E-state index contributed by atoms with van der Waals surface area (Å²) in [4.78, 5) is 21.9. The van der Waals surface area contributed by atoms with Gasteiger partial charge in [-0.1, -0.05) is 72.8 Å². The molecule has 0 fully saturated rings. The van der Waals surface area contributed by atoms with Crippen molar-refractivity contribution in [3.63, 3.8) is 0 Å². The van der Waals surface area contributed by atoms with E-state index in [0.717, 1.165) is 33.4 Å². The predicted molar refractivity (Wildman–Crippen MR) is 121 cm³/mol. The van der Waals surface area contributed by atoms with Crippen LogP contribution in [0.15, 0.2) is 97.1 Å². The van der Waals surface area contributed by atoms with E-state index in [1.807, 2.05) is 48.5 Å². The first-order valence-electron chi connectivity index (χ1n) is 10.2. The van der Waals surface area contributed by atoms with Gasteiger partial charge in [0, 0.05) is 0 Å². The van der Waals surface area contributed by atoms with Crippen molar-refractivity contribution in [1.82, 2.24) is 0 Å². The number of hydrogen-bond donors (Lipinski definition) is 2. The Balaban J connectivity index is 1.77. The summed E-state index contributed by atoms with van der Waals surface area (Å²) in [5.74, 6) is 0.456. The minimum atomic E-state index is -1.37. The van der Waals surface area contributed by atoms with Crippen molar-refractivity contribution in [3.05, 3.63) is 119 Å². The quantitative estimate of drug-likeness (QED) is 0.258. The van der Waals surface area contributed by atoms with Crippen molar-refractivity contribution in [3.8, 4) is 22.6 Å². The molecule has 0 heterocycles. The van der Waals surface area contributed by atoms with Crippen LogP contribution in [0.2, 0.25) is 0 Å². The Hall–Kier alpha value is -4.58. The van der Waals surface area contributed by atoms with E-state index in [2.05, 4.69) is 24.3 Å². The lowest BCUT2D eigenvalue weighted by Gasteiger charge is -2.34. The number of carboxylic acid groups (broad SMARTS) is 2. The van der Waals surface area contributed by atoms with Crippen LogP contribution in [0.5, 0.6) is 11.5 Å². The van der Waals surface area contributed by atoms with Crippen molar-refractivity contribution >= 4 is 12.3 Å². The molecule has 6 heteroatoms. The van der Waals surface area contributed by atoms with Gasteiger partial charge in [-0.3, -0.25) is 0 Å². The molecule has 2 N–H and O–H groups in total. The fraction of sp³-hybridized carbons (Fsp3) is 0.0370. The van der Waals surface area contributed by atoms with Gasteiger partial charge in [0.05, 0.1) is 5.41 Å². The van der Waals surface area contributed by atoms with Crippen molar-refractivity contribution in [1.29, 1.82) is 0 Å². The van der Waals surface area contributed by atoms with Crippen LogP contribution in [-0.2, 0) is 5.41 Å². The van der Waals surface area contributed by atoms with Gasteiger partial charge in [-0.2, -0.15) is 0 Å². The first kappa shape index (κ1) is 20.3. The molecule has 0 unspecified atom stereocenters. The third-order valence-electron chi connectivity index (χ3n) is 5.94. The van der Waals surface area contributed by atoms with Gasteiger partial charge in [-0.25, -0.2) is 9.59 Å². The average Bonchev–Trinajstić information content (AvgIpc) is 3.11. The number of carbonyl (C=O) groups is 2. The van der Waals surface area contributed by atoms with Crippen LogP contribution in [0.1, 0.15) is 22.3 Å². The highest BCUT2D eigenvalue weighted by Crippen LogP contribution is 2.56. The molecule has 0 radical (unpaired) electrons. The van der Waals surface area contributed by atoms with E-state index in [-0.39, 0.29) is 11.5 Å². The SMILES string of the molecule is O=C(O)Oc1ccc(C2(c3ccc(OC(=O)O)cc3)c3ccccc3-c3ccccc32)cc1. The van der Waals surface area contributed by atoms with E-state index in [1.165, 1.54) is 0 Å². The van der Waals surface area contributed by atoms with Crippen LogP contribution >= 0.6 is 0 Å². The normalized spacial score (nSPS) is 13.0. The molecule has 33 heavy (non-hydrogen) atoms. The van der Waals surface area contributed by atoms with Crippen molar-refractivity contribution < 1.29 is 29.3 Å². The van der Waals surface area contributed by atoms with Gasteiger partial charge in [-0.05, 0) is 57.6 Å². The second-order valence-corrected chi connectivity index (χ2v) is 7.63. The molecule has 1 aliphatic carbocycles. The van der Waals surface area contributed by atoms with Gasteiger partial charge >= 0.3 is 12.3 Å². The number of ether oxygens (including phenoxy) is 2. The van der Waals surface area contributed by atoms with E-state index in [1.54, 1.807) is 24.3 Å². The Morgan fingerprint density at radius 2 is 0.909 bits per heavy atom. The zero-order valence-corrected chi connectivity index (χ0v) is 17.3. The Labute approximate surface area is 189 Å². The number of hydrogen-bond acceptors (Lipinski definition) is 4. The van der Waals surface area contributed by atoms with Crippen LogP contribution in [0.3, 0.4) is 0 Å². The topological polar surface area (TPSA) is 93.1 Å². The summed E-state index contributed by atoms with van der Waals surface area (Å²) in [6.07, 6.45) is -2.74. The Morgan fingerprint density at radius 3 is 1.27 bits per heavy atom. The molecular formula is C27H18O6. The summed E-state index contributed by atoms with van der Waals surface area (Å²) >= 11 is 0. The van der Waals surface area contributed by atoms with Gasteiger partial charge in [0.25, 0.3) is 0 Å². The van der Waals surface area contributed by atoms with Crippen LogP contribution in [-0.4, -0.2) is 22.5 Å². The molecule has 0 saturated carbocycles. The van der Waals surface area contributed by atoms with E-state index in [4.69, 9.17) is 19.7 Å². The Bertz CT molecular complexity index is 1250. The van der Waals surface area contributed by atoms with Crippen molar-refractivity contribution in [2.75, 3.05) is 0 Å². The zero-order chi connectivity index (χ0) is 23.0. The summed E-state index contributed by atoms with van der Waals surface area (Å²) in [6, 6.07) is 30.3. The maximum atomic E-state index is 11.0. The Kier molecular flexibility index (Phi) is 4.83. The summed E-state index contributed by atoms with van der Waals surface area (Å²) in [5, 5.41) is 17.9. The first-order chi connectivity index (χ1) is 16.0. The second-order valence-electron chi connectivity index (χ2n) is 7.63. The molecule has 0 aromatic heterocycles. The van der Waals surface area contributed by atoms with Crippen molar-refractivity contribution in [2.24, 2.45) is 0 Å². The highest BCUT2D eigenvalue weighted by atomic mass is 16.7. The molecule has 4 aromatic carbocycles. The highest BCUT2D eigenvalue weighted by Gasteiger charge is 2.45. The van der Waals surface area contributed by atoms with Gasteiger partial charge < -0.3 is 19.7 Å². The lowest BCUT2D eigenvalue weighted by Crippen LogP contribution is -2.28. The fourth-order valence-electron chi connectivity index (χ4n) is 4.77. The average molecular weight is 438 g/mol. The lowest BCUT2D eigenvalue weighted by molar-refractivity contribution is 0.143. The summed E-state index contributed by atoms with van der Waals surface area (Å²) < 4.78 is 9.61.